The molecule has 0 saturated heterocycles. The summed E-state index contributed by atoms with van der Waals surface area (Å²) in [7, 11) is 0. The van der Waals surface area contributed by atoms with Gasteiger partial charge < -0.3 is 0 Å². The van der Waals surface area contributed by atoms with E-state index in [-0.39, 0.29) is 10.8 Å². The number of hydrogen-bond acceptors (Lipinski definition) is 1. The third kappa shape index (κ3) is 2.97. The molecule has 1 aromatic heterocycles. The Morgan fingerprint density at radius 1 is 0.909 bits per heavy atom. The van der Waals surface area contributed by atoms with E-state index in [9.17, 15) is 0 Å². The minimum atomic E-state index is 0.116. The van der Waals surface area contributed by atoms with E-state index in [0.29, 0.717) is 6.04 Å². The van der Waals surface area contributed by atoms with Crippen LogP contribution in [0.25, 0.3) is 11.3 Å². The van der Waals surface area contributed by atoms with E-state index < -0.39 is 0 Å². The van der Waals surface area contributed by atoms with Crippen LogP contribution in [0.2, 0.25) is 0 Å². The van der Waals surface area contributed by atoms with Gasteiger partial charge in [-0.3, -0.25) is 4.68 Å². The quantitative estimate of drug-likeness (QED) is 0.717. The molecular formula is C20H28N2. The fourth-order valence-corrected chi connectivity index (χ4v) is 2.81. The Morgan fingerprint density at radius 2 is 1.50 bits per heavy atom. The Hall–Kier alpha value is -1.57. The maximum Gasteiger partial charge on any atom is 0.0960 e. The van der Waals surface area contributed by atoms with Gasteiger partial charge in [-0.2, -0.15) is 5.10 Å². The number of nitrogens with zero attached hydrogens (tertiary/aromatic N) is 2. The molecule has 0 spiro atoms. The number of hydrogen-bond donors (Lipinski definition) is 0. The van der Waals surface area contributed by atoms with Crippen molar-refractivity contribution in [2.75, 3.05) is 0 Å². The molecule has 1 heterocycles. The molecule has 0 radical (unpaired) electrons. The van der Waals surface area contributed by atoms with Crippen molar-refractivity contribution in [2.24, 2.45) is 0 Å². The Morgan fingerprint density at radius 3 is 1.95 bits per heavy atom. The molecule has 1 fully saturated rings. The molecule has 22 heavy (non-hydrogen) atoms. The molecule has 3 rings (SSSR count). The van der Waals surface area contributed by atoms with Crippen LogP contribution in [0.5, 0.6) is 0 Å². The van der Waals surface area contributed by atoms with E-state index in [1.54, 1.807) is 0 Å². The first kappa shape index (κ1) is 15.3. The van der Waals surface area contributed by atoms with E-state index in [4.69, 9.17) is 5.10 Å². The maximum atomic E-state index is 4.92. The summed E-state index contributed by atoms with van der Waals surface area (Å²) >= 11 is 0. The summed E-state index contributed by atoms with van der Waals surface area (Å²) in [4.78, 5) is 0. The first-order valence-electron chi connectivity index (χ1n) is 8.37. The summed E-state index contributed by atoms with van der Waals surface area (Å²) in [6.45, 7) is 13.6. The van der Waals surface area contributed by atoms with E-state index in [2.05, 4.69) is 76.7 Å². The van der Waals surface area contributed by atoms with Crippen LogP contribution in [0.4, 0.5) is 0 Å². The zero-order valence-electron chi connectivity index (χ0n) is 14.8. The highest BCUT2D eigenvalue weighted by atomic mass is 15.3. The SMILES string of the molecule is CC(C)(C)c1ccc(-c2nn(C3CC3)cc2C(C)(C)C)cc1. The lowest BCUT2D eigenvalue weighted by atomic mass is 9.84. The highest BCUT2D eigenvalue weighted by molar-refractivity contribution is 5.64. The van der Waals surface area contributed by atoms with Gasteiger partial charge in [0.15, 0.2) is 0 Å². The van der Waals surface area contributed by atoms with Crippen LogP contribution in [0, 0.1) is 0 Å². The van der Waals surface area contributed by atoms with Crippen LogP contribution < -0.4 is 0 Å². The largest absolute Gasteiger partial charge is 0.269 e. The molecule has 1 aromatic carbocycles. The highest BCUT2D eigenvalue weighted by Crippen LogP contribution is 2.39. The monoisotopic (exact) mass is 296 g/mol. The van der Waals surface area contributed by atoms with E-state index in [1.165, 1.54) is 29.5 Å². The van der Waals surface area contributed by atoms with Crippen molar-refractivity contribution >= 4 is 0 Å². The molecule has 1 saturated carbocycles. The Kier molecular flexibility index (Phi) is 3.47. The zero-order chi connectivity index (χ0) is 16.1. The van der Waals surface area contributed by atoms with Crippen LogP contribution in [0.1, 0.15) is 71.6 Å². The van der Waals surface area contributed by atoms with Gasteiger partial charge in [-0.1, -0.05) is 65.8 Å². The second kappa shape index (κ2) is 4.97. The van der Waals surface area contributed by atoms with Gasteiger partial charge in [0.2, 0.25) is 0 Å². The molecule has 0 unspecified atom stereocenters. The molecule has 2 aromatic rings. The first-order valence-corrected chi connectivity index (χ1v) is 8.37. The van der Waals surface area contributed by atoms with Crippen molar-refractivity contribution in [1.82, 2.24) is 9.78 Å². The molecule has 1 aliphatic carbocycles. The fraction of sp³-hybridized carbons (Fsp3) is 0.550. The van der Waals surface area contributed by atoms with Crippen molar-refractivity contribution in [3.05, 3.63) is 41.6 Å². The maximum absolute atomic E-state index is 4.92. The molecule has 0 N–H and O–H groups in total. The molecule has 0 amide bonds. The molecule has 0 bridgehead atoms. The lowest BCUT2D eigenvalue weighted by molar-refractivity contribution is 0.585. The fourth-order valence-electron chi connectivity index (χ4n) is 2.81. The molecule has 2 nitrogen and oxygen atoms in total. The lowest BCUT2D eigenvalue weighted by Gasteiger charge is -2.20. The number of aromatic nitrogens is 2. The molecular weight excluding hydrogens is 268 g/mol. The van der Waals surface area contributed by atoms with Gasteiger partial charge >= 0.3 is 0 Å². The predicted octanol–water partition coefficient (Wildman–Crippen LogP) is 5.48. The van der Waals surface area contributed by atoms with Crippen molar-refractivity contribution in [2.45, 2.75) is 71.3 Å². The number of rotatable bonds is 2. The standard InChI is InChI=1S/C20H28N2/c1-19(2,3)15-9-7-14(8-10-15)18-17(20(4,5)6)13-22(21-18)16-11-12-16/h7-10,13,16H,11-12H2,1-6H3. The molecule has 0 atom stereocenters. The highest BCUT2D eigenvalue weighted by Gasteiger charge is 2.29. The Bertz CT molecular complexity index is 659. The van der Waals surface area contributed by atoms with Crippen LogP contribution >= 0.6 is 0 Å². The summed E-state index contributed by atoms with van der Waals surface area (Å²) in [5.74, 6) is 0. The topological polar surface area (TPSA) is 17.8 Å². The minimum Gasteiger partial charge on any atom is -0.269 e. The van der Waals surface area contributed by atoms with Crippen LogP contribution in [0.3, 0.4) is 0 Å². The van der Waals surface area contributed by atoms with Gasteiger partial charge in [-0.25, -0.2) is 0 Å². The second-order valence-electron chi connectivity index (χ2n) is 8.68. The van der Waals surface area contributed by atoms with Crippen molar-refractivity contribution < 1.29 is 0 Å². The van der Waals surface area contributed by atoms with Crippen molar-refractivity contribution in [3.8, 4) is 11.3 Å². The summed E-state index contributed by atoms with van der Waals surface area (Å²) in [5.41, 5.74) is 5.42. The van der Waals surface area contributed by atoms with Gasteiger partial charge in [0.05, 0.1) is 11.7 Å². The number of benzene rings is 1. The van der Waals surface area contributed by atoms with Gasteiger partial charge in [0, 0.05) is 17.3 Å². The normalized spacial score (nSPS) is 16.1. The van der Waals surface area contributed by atoms with E-state index in [0.717, 1.165) is 5.69 Å². The van der Waals surface area contributed by atoms with Gasteiger partial charge in [0.1, 0.15) is 0 Å². The molecule has 118 valence electrons. The van der Waals surface area contributed by atoms with Gasteiger partial charge in [0.25, 0.3) is 0 Å². The van der Waals surface area contributed by atoms with Crippen LogP contribution in [-0.2, 0) is 10.8 Å². The summed E-state index contributed by atoms with van der Waals surface area (Å²) in [5, 5.41) is 4.92. The van der Waals surface area contributed by atoms with E-state index >= 15 is 0 Å². The zero-order valence-corrected chi connectivity index (χ0v) is 14.8. The lowest BCUT2D eigenvalue weighted by Crippen LogP contribution is -2.12. The van der Waals surface area contributed by atoms with E-state index in [1.807, 2.05) is 0 Å². The Balaban J connectivity index is 2.03. The average Bonchev–Trinajstić information content (AvgIpc) is 3.15. The smallest absolute Gasteiger partial charge is 0.0960 e. The van der Waals surface area contributed by atoms with Crippen molar-refractivity contribution in [3.63, 3.8) is 0 Å². The van der Waals surface area contributed by atoms with Gasteiger partial charge in [-0.05, 0) is 29.2 Å². The molecule has 1 aliphatic rings. The average molecular weight is 296 g/mol. The predicted molar refractivity (Wildman–Crippen MR) is 93.3 cm³/mol. The Labute approximate surface area is 134 Å². The first-order chi connectivity index (χ1) is 10.2. The van der Waals surface area contributed by atoms with Gasteiger partial charge in [-0.15, -0.1) is 0 Å². The third-order valence-electron chi connectivity index (χ3n) is 4.49. The third-order valence-corrected chi connectivity index (χ3v) is 4.49. The van der Waals surface area contributed by atoms with Crippen LogP contribution in [0.15, 0.2) is 30.5 Å². The summed E-state index contributed by atoms with van der Waals surface area (Å²) in [6, 6.07) is 9.59. The summed E-state index contributed by atoms with van der Waals surface area (Å²) < 4.78 is 2.19. The summed E-state index contributed by atoms with van der Waals surface area (Å²) in [6.07, 6.45) is 4.81. The van der Waals surface area contributed by atoms with Crippen LogP contribution in [-0.4, -0.2) is 9.78 Å². The minimum absolute atomic E-state index is 0.116. The second-order valence-corrected chi connectivity index (χ2v) is 8.68. The van der Waals surface area contributed by atoms with Crippen molar-refractivity contribution in [1.29, 1.82) is 0 Å². The molecule has 2 heteroatoms. The molecule has 0 aliphatic heterocycles.